The van der Waals surface area contributed by atoms with Gasteiger partial charge < -0.3 is 15.8 Å². The monoisotopic (exact) mass is 368 g/mol. The summed E-state index contributed by atoms with van der Waals surface area (Å²) in [7, 11) is 0. The second-order valence-corrected chi connectivity index (χ2v) is 5.55. The Bertz CT molecular complexity index is 986. The van der Waals surface area contributed by atoms with Crippen molar-refractivity contribution in [2.45, 2.75) is 6.92 Å². The van der Waals surface area contributed by atoms with Gasteiger partial charge in [-0.25, -0.2) is 9.07 Å². The average molecular weight is 368 g/mol. The quantitative estimate of drug-likeness (QED) is 0.699. The number of halogens is 1. The molecule has 0 aliphatic carbocycles. The third kappa shape index (κ3) is 3.95. The van der Waals surface area contributed by atoms with E-state index in [9.17, 15) is 14.0 Å². The van der Waals surface area contributed by atoms with Crippen molar-refractivity contribution in [3.63, 3.8) is 0 Å². The first-order chi connectivity index (χ1) is 13.0. The van der Waals surface area contributed by atoms with Gasteiger partial charge in [-0.3, -0.25) is 9.59 Å². The lowest BCUT2D eigenvalue weighted by molar-refractivity contribution is 0.0991. The maximum absolute atomic E-state index is 13.4. The van der Waals surface area contributed by atoms with Gasteiger partial charge >= 0.3 is 0 Å². The summed E-state index contributed by atoms with van der Waals surface area (Å²) >= 11 is 0. The van der Waals surface area contributed by atoms with E-state index in [0.29, 0.717) is 12.3 Å². The summed E-state index contributed by atoms with van der Waals surface area (Å²) in [5.74, 6) is -1.59. The molecule has 1 aromatic heterocycles. The van der Waals surface area contributed by atoms with E-state index in [1.807, 2.05) is 6.07 Å². The summed E-state index contributed by atoms with van der Waals surface area (Å²) in [5.41, 5.74) is 6.33. The molecule has 7 nitrogen and oxygen atoms in total. The van der Waals surface area contributed by atoms with Crippen LogP contribution in [0.1, 0.15) is 27.9 Å². The number of hydrogen-bond acceptors (Lipinski definition) is 4. The van der Waals surface area contributed by atoms with E-state index in [0.717, 1.165) is 0 Å². The van der Waals surface area contributed by atoms with Gasteiger partial charge in [0.1, 0.15) is 17.3 Å². The lowest BCUT2D eigenvalue weighted by Crippen LogP contribution is -2.16. The zero-order valence-electron chi connectivity index (χ0n) is 14.5. The molecule has 1 heterocycles. The Morgan fingerprint density at radius 2 is 1.93 bits per heavy atom. The molecule has 0 bridgehead atoms. The molecule has 0 aliphatic heterocycles. The Morgan fingerprint density at radius 1 is 1.19 bits per heavy atom. The number of amides is 2. The molecule has 0 saturated heterocycles. The fraction of sp³-hybridized carbons (Fsp3) is 0.105. The molecule has 2 amide bonds. The lowest BCUT2D eigenvalue weighted by atomic mass is 10.2. The molecule has 3 rings (SSSR count). The fourth-order valence-corrected chi connectivity index (χ4v) is 2.49. The van der Waals surface area contributed by atoms with Gasteiger partial charge in [-0.05, 0) is 31.2 Å². The number of primary amides is 1. The minimum atomic E-state index is -0.720. The first-order valence-corrected chi connectivity index (χ1v) is 8.18. The van der Waals surface area contributed by atoms with Gasteiger partial charge in [0.15, 0.2) is 5.69 Å². The number of nitrogens with one attached hydrogen (secondary N) is 1. The van der Waals surface area contributed by atoms with Crippen LogP contribution in [0, 0.1) is 5.82 Å². The molecule has 3 N–H and O–H groups in total. The standard InChI is InChI=1S/C19H17FN4O3/c1-2-27-17-10-12(20)8-9-14(17)22-19(26)15-11-16(18(21)25)24(23-15)13-6-4-3-5-7-13/h3-11H,2H2,1H3,(H2,21,25)(H,22,26). The topological polar surface area (TPSA) is 99.2 Å². The Balaban J connectivity index is 1.93. The Labute approximate surface area is 154 Å². The molecular formula is C19H17FN4O3. The van der Waals surface area contributed by atoms with Gasteiger partial charge in [-0.15, -0.1) is 0 Å². The van der Waals surface area contributed by atoms with Gasteiger partial charge in [0, 0.05) is 12.1 Å². The van der Waals surface area contributed by atoms with Crippen molar-refractivity contribution < 1.29 is 18.7 Å². The zero-order chi connectivity index (χ0) is 19.4. The van der Waals surface area contributed by atoms with Crippen LogP contribution in [0.3, 0.4) is 0 Å². The van der Waals surface area contributed by atoms with Crippen molar-refractivity contribution in [2.75, 3.05) is 11.9 Å². The Kier molecular flexibility index (Phi) is 5.16. The summed E-state index contributed by atoms with van der Waals surface area (Å²) in [4.78, 5) is 24.3. The van der Waals surface area contributed by atoms with Crippen LogP contribution in [0.25, 0.3) is 5.69 Å². The number of nitrogens with two attached hydrogens (primary N) is 1. The molecule has 0 spiro atoms. The minimum Gasteiger partial charge on any atom is -0.492 e. The highest BCUT2D eigenvalue weighted by Crippen LogP contribution is 2.26. The van der Waals surface area contributed by atoms with E-state index < -0.39 is 17.6 Å². The minimum absolute atomic E-state index is 0.0144. The number of ether oxygens (including phenoxy) is 1. The number of rotatable bonds is 6. The summed E-state index contributed by atoms with van der Waals surface area (Å²) in [6, 6.07) is 13.9. The molecule has 8 heteroatoms. The van der Waals surface area contributed by atoms with E-state index in [-0.39, 0.29) is 22.8 Å². The van der Waals surface area contributed by atoms with Gasteiger partial charge in [0.2, 0.25) is 0 Å². The van der Waals surface area contributed by atoms with E-state index in [2.05, 4.69) is 10.4 Å². The van der Waals surface area contributed by atoms with Crippen LogP contribution in [0.4, 0.5) is 10.1 Å². The Hall–Kier alpha value is -3.68. The first-order valence-electron chi connectivity index (χ1n) is 8.18. The van der Waals surface area contributed by atoms with Crippen molar-refractivity contribution in [3.05, 3.63) is 71.8 Å². The highest BCUT2D eigenvalue weighted by atomic mass is 19.1. The maximum atomic E-state index is 13.4. The van der Waals surface area contributed by atoms with Crippen LogP contribution in [0.5, 0.6) is 5.75 Å². The second-order valence-electron chi connectivity index (χ2n) is 5.55. The lowest BCUT2D eigenvalue weighted by Gasteiger charge is -2.10. The molecule has 27 heavy (non-hydrogen) atoms. The van der Waals surface area contributed by atoms with Crippen LogP contribution in [-0.4, -0.2) is 28.2 Å². The van der Waals surface area contributed by atoms with Crippen LogP contribution < -0.4 is 15.8 Å². The maximum Gasteiger partial charge on any atom is 0.276 e. The molecule has 0 atom stereocenters. The molecule has 0 unspecified atom stereocenters. The number of carbonyl (C=O) groups excluding carboxylic acids is 2. The van der Waals surface area contributed by atoms with Gasteiger partial charge in [0.05, 0.1) is 18.0 Å². The van der Waals surface area contributed by atoms with Crippen LogP contribution in [-0.2, 0) is 0 Å². The number of aromatic nitrogens is 2. The van der Waals surface area contributed by atoms with Crippen molar-refractivity contribution in [1.29, 1.82) is 0 Å². The number of benzene rings is 2. The zero-order valence-corrected chi connectivity index (χ0v) is 14.5. The third-order valence-corrected chi connectivity index (χ3v) is 3.69. The summed E-state index contributed by atoms with van der Waals surface area (Å²) < 4.78 is 20.0. The normalized spacial score (nSPS) is 10.4. The number of nitrogens with zero attached hydrogens (tertiary/aromatic N) is 2. The smallest absolute Gasteiger partial charge is 0.276 e. The third-order valence-electron chi connectivity index (χ3n) is 3.69. The largest absolute Gasteiger partial charge is 0.492 e. The van der Waals surface area contributed by atoms with Gasteiger partial charge in [0.25, 0.3) is 11.8 Å². The fourth-order valence-electron chi connectivity index (χ4n) is 2.49. The molecule has 138 valence electrons. The molecule has 0 aliphatic rings. The molecule has 2 aromatic carbocycles. The van der Waals surface area contributed by atoms with Crippen LogP contribution in [0.2, 0.25) is 0 Å². The molecule has 0 fully saturated rings. The van der Waals surface area contributed by atoms with Crippen LogP contribution in [0.15, 0.2) is 54.6 Å². The number of carbonyl (C=O) groups is 2. The molecular weight excluding hydrogens is 351 g/mol. The van der Waals surface area contributed by atoms with Crippen molar-refractivity contribution in [1.82, 2.24) is 9.78 Å². The average Bonchev–Trinajstić information content (AvgIpc) is 3.11. The Morgan fingerprint density at radius 3 is 2.59 bits per heavy atom. The van der Waals surface area contributed by atoms with E-state index in [4.69, 9.17) is 10.5 Å². The highest BCUT2D eigenvalue weighted by molar-refractivity contribution is 6.05. The molecule has 0 radical (unpaired) electrons. The SMILES string of the molecule is CCOc1cc(F)ccc1NC(=O)c1cc(C(N)=O)n(-c2ccccc2)n1. The molecule has 3 aromatic rings. The van der Waals surface area contributed by atoms with Crippen LogP contribution >= 0.6 is 0 Å². The van der Waals surface area contributed by atoms with E-state index in [1.165, 1.54) is 28.9 Å². The number of para-hydroxylation sites is 1. The van der Waals surface area contributed by atoms with Gasteiger partial charge in [-0.1, -0.05) is 18.2 Å². The van der Waals surface area contributed by atoms with E-state index in [1.54, 1.807) is 31.2 Å². The summed E-state index contributed by atoms with van der Waals surface area (Å²) in [5, 5.41) is 6.79. The first kappa shape index (κ1) is 18.1. The summed E-state index contributed by atoms with van der Waals surface area (Å²) in [6.45, 7) is 2.05. The summed E-state index contributed by atoms with van der Waals surface area (Å²) in [6.07, 6.45) is 0. The predicted octanol–water partition coefficient (Wildman–Crippen LogP) is 2.76. The van der Waals surface area contributed by atoms with Gasteiger partial charge in [-0.2, -0.15) is 5.10 Å². The van der Waals surface area contributed by atoms with Crippen molar-refractivity contribution in [3.8, 4) is 11.4 Å². The number of anilines is 1. The van der Waals surface area contributed by atoms with E-state index >= 15 is 0 Å². The number of hydrogen-bond donors (Lipinski definition) is 2. The predicted molar refractivity (Wildman–Crippen MR) is 97.6 cm³/mol. The highest BCUT2D eigenvalue weighted by Gasteiger charge is 2.19. The molecule has 0 saturated carbocycles. The second kappa shape index (κ2) is 7.69. The van der Waals surface area contributed by atoms with Crippen molar-refractivity contribution in [2.24, 2.45) is 5.73 Å². The van der Waals surface area contributed by atoms with Crippen molar-refractivity contribution >= 4 is 17.5 Å².